The number of amides is 3. The van der Waals surface area contributed by atoms with Gasteiger partial charge in [-0.05, 0) is 43.7 Å². The van der Waals surface area contributed by atoms with Gasteiger partial charge in [0.05, 0.1) is 17.1 Å². The maximum absolute atomic E-state index is 12.5. The van der Waals surface area contributed by atoms with Crippen LogP contribution in [0.25, 0.3) is 0 Å². The van der Waals surface area contributed by atoms with E-state index in [1.165, 1.54) is 36.4 Å². The number of nitrogens with zero attached hydrogens (tertiary/aromatic N) is 1. The molecule has 184 valence electrons. The largest absolute Gasteiger partial charge is 0.414 e. The highest BCUT2D eigenvalue weighted by atomic mass is 32.2. The summed E-state index contributed by atoms with van der Waals surface area (Å²) < 4.78 is 37.0. The highest BCUT2D eigenvalue weighted by Gasteiger charge is 2.20. The molecule has 0 radical (unpaired) electrons. The van der Waals surface area contributed by atoms with Crippen LogP contribution in [-0.4, -0.2) is 57.6 Å². The van der Waals surface area contributed by atoms with Crippen LogP contribution in [0.15, 0.2) is 47.5 Å². The molecule has 0 saturated heterocycles. The summed E-state index contributed by atoms with van der Waals surface area (Å²) in [5, 5.41) is 5.20. The molecule has 0 bridgehead atoms. The van der Waals surface area contributed by atoms with Gasteiger partial charge in [0.15, 0.2) is 0 Å². The number of nitrogens with one attached hydrogen (secondary N) is 3. The number of pyridine rings is 1. The van der Waals surface area contributed by atoms with Gasteiger partial charge in [0.25, 0.3) is 21.8 Å². The van der Waals surface area contributed by atoms with Gasteiger partial charge in [-0.25, -0.2) is 22.9 Å². The Balaban J connectivity index is 1.93. The van der Waals surface area contributed by atoms with Crippen molar-refractivity contribution in [2.24, 2.45) is 0 Å². The Hall–Kier alpha value is -3.51. The average molecular weight is 493 g/mol. The van der Waals surface area contributed by atoms with Gasteiger partial charge in [0.1, 0.15) is 0 Å². The fourth-order valence-electron chi connectivity index (χ4n) is 2.58. The molecule has 0 aliphatic rings. The van der Waals surface area contributed by atoms with Gasteiger partial charge in [0, 0.05) is 37.5 Å². The molecule has 0 atom stereocenters. The minimum atomic E-state index is -4.18. The van der Waals surface area contributed by atoms with E-state index in [1.54, 1.807) is 0 Å². The summed E-state index contributed by atoms with van der Waals surface area (Å²) in [5.74, 6) is -1.29. The molecule has 0 fully saturated rings. The van der Waals surface area contributed by atoms with Gasteiger partial charge in [-0.1, -0.05) is 13.3 Å². The van der Waals surface area contributed by atoms with Gasteiger partial charge in [-0.15, -0.1) is 0 Å². The average Bonchev–Trinajstić information content (AvgIpc) is 2.82. The van der Waals surface area contributed by atoms with E-state index in [4.69, 9.17) is 9.47 Å². The monoisotopic (exact) mass is 492 g/mol. The summed E-state index contributed by atoms with van der Waals surface area (Å²) in [5.41, 5.74) is 0.252. The number of sulfonamides is 1. The van der Waals surface area contributed by atoms with E-state index in [0.717, 1.165) is 19.0 Å². The summed E-state index contributed by atoms with van der Waals surface area (Å²) in [6.45, 7) is 5.48. The zero-order chi connectivity index (χ0) is 25.0. The van der Waals surface area contributed by atoms with Crippen LogP contribution in [0.4, 0.5) is 4.79 Å². The summed E-state index contributed by atoms with van der Waals surface area (Å²) >= 11 is 0. The molecule has 1 aromatic heterocycles. The molecule has 34 heavy (non-hydrogen) atoms. The van der Waals surface area contributed by atoms with Gasteiger partial charge in [0.2, 0.25) is 5.88 Å². The number of ether oxygens (including phenoxy) is 2. The van der Waals surface area contributed by atoms with E-state index < -0.39 is 22.0 Å². The van der Waals surface area contributed by atoms with Crippen LogP contribution >= 0.6 is 0 Å². The molecule has 1 aromatic carbocycles. The normalized spacial score (nSPS) is 10.9. The summed E-state index contributed by atoms with van der Waals surface area (Å²) in [4.78, 5) is 39.7. The second-order valence-corrected chi connectivity index (χ2v) is 8.65. The quantitative estimate of drug-likeness (QED) is 0.380. The fraction of sp³-hybridized carbons (Fsp3) is 0.364. The van der Waals surface area contributed by atoms with Crippen molar-refractivity contribution in [2.45, 2.75) is 31.6 Å². The number of carbonyl (C=O) groups excluding carboxylic acids is 3. The maximum atomic E-state index is 12.5. The lowest BCUT2D eigenvalue weighted by Gasteiger charge is -2.09. The molecule has 11 nitrogen and oxygen atoms in total. The molecule has 2 aromatic rings. The first-order valence-corrected chi connectivity index (χ1v) is 12.2. The zero-order valence-electron chi connectivity index (χ0n) is 19.0. The van der Waals surface area contributed by atoms with Gasteiger partial charge in [-0.2, -0.15) is 0 Å². The lowest BCUT2D eigenvalue weighted by Crippen LogP contribution is -2.31. The zero-order valence-corrected chi connectivity index (χ0v) is 19.8. The van der Waals surface area contributed by atoms with Gasteiger partial charge in [-0.3, -0.25) is 9.59 Å². The van der Waals surface area contributed by atoms with Crippen LogP contribution in [0.3, 0.4) is 0 Å². The number of unbranched alkanes of at least 4 members (excludes halogenated alkanes) is 1. The van der Waals surface area contributed by atoms with Crippen molar-refractivity contribution in [3.05, 3.63) is 53.7 Å². The molecule has 1 heterocycles. The molecule has 0 aliphatic heterocycles. The first-order chi connectivity index (χ1) is 16.3. The lowest BCUT2D eigenvalue weighted by molar-refractivity contribution is 0.0950. The molecule has 3 N–H and O–H groups in total. The third-order valence-electron chi connectivity index (χ3n) is 4.39. The highest BCUT2D eigenvalue weighted by Crippen LogP contribution is 2.13. The Kier molecular flexibility index (Phi) is 10.4. The maximum Gasteiger partial charge on any atom is 0.414 e. The number of benzene rings is 1. The smallest absolute Gasteiger partial charge is 0.391 e. The number of hydrogen-bond acceptors (Lipinski definition) is 8. The second-order valence-electron chi connectivity index (χ2n) is 6.97. The molecule has 0 aliphatic carbocycles. The Morgan fingerprint density at radius 3 is 2.24 bits per heavy atom. The number of hydrogen-bond donors (Lipinski definition) is 3. The van der Waals surface area contributed by atoms with Crippen molar-refractivity contribution in [1.29, 1.82) is 0 Å². The second kappa shape index (κ2) is 13.3. The van der Waals surface area contributed by atoms with Crippen LogP contribution in [0, 0.1) is 0 Å². The third kappa shape index (κ3) is 8.45. The molecular formula is C22H28N4O7S. The van der Waals surface area contributed by atoms with Gasteiger partial charge >= 0.3 is 6.09 Å². The van der Waals surface area contributed by atoms with Crippen molar-refractivity contribution in [2.75, 3.05) is 26.3 Å². The molecule has 0 spiro atoms. The fourth-order valence-corrected chi connectivity index (χ4v) is 3.56. The Labute approximate surface area is 198 Å². The van der Waals surface area contributed by atoms with Crippen molar-refractivity contribution in [3.8, 4) is 5.88 Å². The number of carbonyl (C=O) groups is 3. The number of aromatic nitrogens is 1. The van der Waals surface area contributed by atoms with Crippen molar-refractivity contribution in [1.82, 2.24) is 20.3 Å². The van der Waals surface area contributed by atoms with Gasteiger partial charge < -0.3 is 20.1 Å². The molecule has 3 amide bonds. The summed E-state index contributed by atoms with van der Waals surface area (Å²) in [6, 6.07) is 7.74. The van der Waals surface area contributed by atoms with E-state index in [-0.39, 0.29) is 28.8 Å². The standard InChI is InChI=1S/C22H28N4O7S/c1-3-5-12-23-20(27)16-6-9-18(10-7-16)34(30,31)26-21(28)17-8-11-19(25-15-17)33-22(29)24-13-14-32-4-2/h6-11,15H,3-5,12-14H2,1-2H3,(H,23,27)(H,24,29)(H,26,28). The van der Waals surface area contributed by atoms with Crippen molar-refractivity contribution in [3.63, 3.8) is 0 Å². The first kappa shape index (κ1) is 26.7. The molecule has 12 heteroatoms. The minimum absolute atomic E-state index is 0.0559. The van der Waals surface area contributed by atoms with E-state index >= 15 is 0 Å². The van der Waals surface area contributed by atoms with Crippen LogP contribution in [-0.2, 0) is 14.8 Å². The summed E-state index contributed by atoms with van der Waals surface area (Å²) in [6.07, 6.45) is 2.12. The Bertz CT molecular complexity index is 1070. The molecule has 0 unspecified atom stereocenters. The minimum Gasteiger partial charge on any atom is -0.391 e. The first-order valence-electron chi connectivity index (χ1n) is 10.7. The Morgan fingerprint density at radius 2 is 1.62 bits per heavy atom. The topological polar surface area (TPSA) is 153 Å². The molecular weight excluding hydrogens is 464 g/mol. The predicted molar refractivity (Wildman–Crippen MR) is 123 cm³/mol. The Morgan fingerprint density at radius 1 is 0.912 bits per heavy atom. The number of rotatable bonds is 12. The van der Waals surface area contributed by atoms with Crippen LogP contribution in [0.1, 0.15) is 47.4 Å². The lowest BCUT2D eigenvalue weighted by atomic mass is 10.2. The third-order valence-corrected chi connectivity index (χ3v) is 5.73. The highest BCUT2D eigenvalue weighted by molar-refractivity contribution is 7.90. The van der Waals surface area contributed by atoms with Crippen molar-refractivity contribution >= 4 is 27.9 Å². The van der Waals surface area contributed by atoms with E-state index in [9.17, 15) is 22.8 Å². The summed E-state index contributed by atoms with van der Waals surface area (Å²) in [7, 11) is -4.18. The van der Waals surface area contributed by atoms with Crippen LogP contribution < -0.4 is 20.1 Å². The van der Waals surface area contributed by atoms with Crippen LogP contribution in [0.2, 0.25) is 0 Å². The van der Waals surface area contributed by atoms with E-state index in [1.807, 2.05) is 18.6 Å². The van der Waals surface area contributed by atoms with E-state index in [0.29, 0.717) is 25.3 Å². The molecule has 2 rings (SSSR count). The SMILES string of the molecule is CCCCNC(=O)c1ccc(S(=O)(=O)NC(=O)c2ccc(OC(=O)NCCOCC)nc2)cc1. The van der Waals surface area contributed by atoms with Crippen LogP contribution in [0.5, 0.6) is 5.88 Å². The van der Waals surface area contributed by atoms with E-state index in [2.05, 4.69) is 15.6 Å². The molecule has 0 saturated carbocycles. The predicted octanol–water partition coefficient (Wildman–Crippen LogP) is 1.86. The van der Waals surface area contributed by atoms with Crippen molar-refractivity contribution < 1.29 is 32.3 Å².